The second-order valence-corrected chi connectivity index (χ2v) is 5.31. The van der Waals surface area contributed by atoms with Crippen molar-refractivity contribution < 1.29 is 0 Å². The zero-order valence-electron chi connectivity index (χ0n) is 10.1. The van der Waals surface area contributed by atoms with Gasteiger partial charge in [-0.15, -0.1) is 0 Å². The van der Waals surface area contributed by atoms with Crippen LogP contribution in [0.2, 0.25) is 5.02 Å². The topological polar surface area (TPSA) is 40.7 Å². The zero-order valence-corrected chi connectivity index (χ0v) is 12.4. The molecule has 0 aliphatic carbocycles. The van der Waals surface area contributed by atoms with Crippen LogP contribution in [0, 0.1) is 0 Å². The van der Waals surface area contributed by atoms with Crippen molar-refractivity contribution in [3.05, 3.63) is 51.5 Å². The molecule has 0 aliphatic heterocycles. The van der Waals surface area contributed by atoms with Crippen LogP contribution in [0.1, 0.15) is 24.4 Å². The Morgan fingerprint density at radius 1 is 1.50 bits per heavy atom. The van der Waals surface area contributed by atoms with Gasteiger partial charge in [0.25, 0.3) is 0 Å². The fourth-order valence-corrected chi connectivity index (χ4v) is 2.88. The molecule has 0 radical (unpaired) electrons. The lowest BCUT2D eigenvalue weighted by atomic mass is 10.0. The minimum atomic E-state index is 0.216. The van der Waals surface area contributed by atoms with Crippen LogP contribution in [0.3, 0.4) is 0 Å². The van der Waals surface area contributed by atoms with Gasteiger partial charge in [-0.3, -0.25) is 0 Å². The van der Waals surface area contributed by atoms with Gasteiger partial charge in [0.15, 0.2) is 0 Å². The molecular formula is C13H15BrClN3. The maximum atomic E-state index is 5.97. The van der Waals surface area contributed by atoms with Gasteiger partial charge in [-0.1, -0.05) is 40.5 Å². The van der Waals surface area contributed by atoms with E-state index in [4.69, 9.17) is 11.6 Å². The molecule has 18 heavy (non-hydrogen) atoms. The van der Waals surface area contributed by atoms with Crippen molar-refractivity contribution in [3.63, 3.8) is 0 Å². The summed E-state index contributed by atoms with van der Waals surface area (Å²) in [6.45, 7) is 3.00. The van der Waals surface area contributed by atoms with Gasteiger partial charge in [-0.05, 0) is 24.2 Å². The number of likely N-dealkylation sites (N-methyl/N-ethyl adjacent to an activating group) is 1. The van der Waals surface area contributed by atoms with Crippen molar-refractivity contribution in [2.75, 3.05) is 6.54 Å². The normalized spacial score (nSPS) is 12.6. The number of aromatic nitrogens is 2. The van der Waals surface area contributed by atoms with E-state index in [0.717, 1.165) is 28.3 Å². The van der Waals surface area contributed by atoms with Crippen molar-refractivity contribution in [2.24, 2.45) is 0 Å². The number of rotatable bonds is 5. The lowest BCUT2D eigenvalue weighted by Crippen LogP contribution is -2.23. The van der Waals surface area contributed by atoms with Gasteiger partial charge in [-0.25, -0.2) is 4.98 Å². The molecule has 2 aromatic rings. The number of hydrogen-bond donors (Lipinski definition) is 2. The average Bonchev–Trinajstić information content (AvgIpc) is 2.81. The molecule has 5 heteroatoms. The zero-order chi connectivity index (χ0) is 13.0. The number of nitrogens with one attached hydrogen (secondary N) is 2. The number of hydrogen-bond acceptors (Lipinski definition) is 2. The lowest BCUT2D eigenvalue weighted by Gasteiger charge is -2.19. The largest absolute Gasteiger partial charge is 0.349 e. The average molecular weight is 329 g/mol. The molecule has 1 heterocycles. The van der Waals surface area contributed by atoms with Crippen LogP contribution in [0.25, 0.3) is 0 Å². The Kier molecular flexibility index (Phi) is 4.80. The van der Waals surface area contributed by atoms with E-state index in [-0.39, 0.29) is 6.04 Å². The summed E-state index contributed by atoms with van der Waals surface area (Å²) in [5, 5.41) is 4.20. The third-order valence-electron chi connectivity index (χ3n) is 2.74. The van der Waals surface area contributed by atoms with Crippen molar-refractivity contribution in [2.45, 2.75) is 19.4 Å². The predicted octanol–water partition coefficient (Wildman–Crippen LogP) is 3.72. The molecule has 0 aliphatic rings. The molecule has 1 aromatic heterocycles. The molecule has 0 spiro atoms. The highest BCUT2D eigenvalue weighted by atomic mass is 79.9. The highest BCUT2D eigenvalue weighted by Crippen LogP contribution is 2.28. The summed E-state index contributed by atoms with van der Waals surface area (Å²) in [5.41, 5.74) is 1.19. The monoisotopic (exact) mass is 327 g/mol. The molecular weight excluding hydrogens is 314 g/mol. The second kappa shape index (κ2) is 6.36. The molecule has 1 aromatic carbocycles. The summed E-state index contributed by atoms with van der Waals surface area (Å²) < 4.78 is 1.02. The molecule has 0 fully saturated rings. The summed E-state index contributed by atoms with van der Waals surface area (Å²) in [7, 11) is 0. The van der Waals surface area contributed by atoms with Crippen LogP contribution in [0.5, 0.6) is 0 Å². The molecule has 1 unspecified atom stereocenters. The maximum absolute atomic E-state index is 5.97. The molecule has 2 rings (SSSR count). The number of nitrogens with zero attached hydrogens (tertiary/aromatic N) is 1. The summed E-state index contributed by atoms with van der Waals surface area (Å²) >= 11 is 9.54. The molecule has 0 saturated carbocycles. The van der Waals surface area contributed by atoms with Crippen LogP contribution in [0.4, 0.5) is 0 Å². The van der Waals surface area contributed by atoms with E-state index in [9.17, 15) is 0 Å². The van der Waals surface area contributed by atoms with E-state index in [1.165, 1.54) is 5.56 Å². The number of halogens is 2. The SMILES string of the molecule is CCNC(Cc1ncc[nH]1)c1ccc(Cl)cc1Br. The highest BCUT2D eigenvalue weighted by Gasteiger charge is 2.15. The van der Waals surface area contributed by atoms with Gasteiger partial charge in [0.05, 0.1) is 0 Å². The molecule has 0 bridgehead atoms. The van der Waals surface area contributed by atoms with Crippen molar-refractivity contribution >= 4 is 27.5 Å². The van der Waals surface area contributed by atoms with Crippen LogP contribution in [-0.4, -0.2) is 16.5 Å². The van der Waals surface area contributed by atoms with E-state index in [1.54, 1.807) is 6.20 Å². The van der Waals surface area contributed by atoms with Gasteiger partial charge in [-0.2, -0.15) is 0 Å². The van der Waals surface area contributed by atoms with E-state index in [0.29, 0.717) is 0 Å². The molecule has 0 amide bonds. The maximum Gasteiger partial charge on any atom is 0.107 e. The lowest BCUT2D eigenvalue weighted by molar-refractivity contribution is 0.537. The summed E-state index contributed by atoms with van der Waals surface area (Å²) in [4.78, 5) is 7.41. The Morgan fingerprint density at radius 3 is 2.94 bits per heavy atom. The third-order valence-corrected chi connectivity index (χ3v) is 3.66. The van der Waals surface area contributed by atoms with Gasteiger partial charge in [0, 0.05) is 34.4 Å². The summed E-state index contributed by atoms with van der Waals surface area (Å²) in [6.07, 6.45) is 4.44. The van der Waals surface area contributed by atoms with Gasteiger partial charge in [0.2, 0.25) is 0 Å². The van der Waals surface area contributed by atoms with E-state index < -0.39 is 0 Å². The van der Waals surface area contributed by atoms with Gasteiger partial charge in [0.1, 0.15) is 5.82 Å². The third kappa shape index (κ3) is 3.34. The predicted molar refractivity (Wildman–Crippen MR) is 77.9 cm³/mol. The standard InChI is InChI=1S/C13H15BrClN3/c1-2-16-12(8-13-17-5-6-18-13)10-4-3-9(15)7-11(10)14/h3-7,12,16H,2,8H2,1H3,(H,17,18). The number of H-pyrrole nitrogens is 1. The van der Waals surface area contributed by atoms with E-state index in [2.05, 4.69) is 38.1 Å². The Labute approximate surface area is 120 Å². The fourth-order valence-electron chi connectivity index (χ4n) is 1.93. The minimum Gasteiger partial charge on any atom is -0.349 e. The van der Waals surface area contributed by atoms with Crippen LogP contribution < -0.4 is 5.32 Å². The Balaban J connectivity index is 2.23. The van der Waals surface area contributed by atoms with Crippen LogP contribution >= 0.6 is 27.5 Å². The fraction of sp³-hybridized carbons (Fsp3) is 0.308. The van der Waals surface area contributed by atoms with Crippen molar-refractivity contribution in [1.29, 1.82) is 0 Å². The first-order valence-corrected chi connectivity index (χ1v) is 7.04. The number of aromatic amines is 1. The van der Waals surface area contributed by atoms with Gasteiger partial charge >= 0.3 is 0 Å². The summed E-state index contributed by atoms with van der Waals surface area (Å²) in [6, 6.07) is 6.09. The van der Waals surface area contributed by atoms with Crippen molar-refractivity contribution in [3.8, 4) is 0 Å². The smallest absolute Gasteiger partial charge is 0.107 e. The Morgan fingerprint density at radius 2 is 2.33 bits per heavy atom. The Hall–Kier alpha value is -0.840. The van der Waals surface area contributed by atoms with Crippen LogP contribution in [0.15, 0.2) is 35.1 Å². The van der Waals surface area contributed by atoms with Crippen molar-refractivity contribution in [1.82, 2.24) is 15.3 Å². The second-order valence-electron chi connectivity index (χ2n) is 4.02. The quantitative estimate of drug-likeness (QED) is 0.878. The molecule has 96 valence electrons. The molecule has 1 atom stereocenters. The summed E-state index contributed by atoms with van der Waals surface area (Å²) in [5.74, 6) is 0.975. The minimum absolute atomic E-state index is 0.216. The Bertz CT molecular complexity index is 499. The molecule has 2 N–H and O–H groups in total. The van der Waals surface area contributed by atoms with E-state index in [1.807, 2.05) is 24.4 Å². The van der Waals surface area contributed by atoms with E-state index >= 15 is 0 Å². The number of imidazole rings is 1. The molecule has 0 saturated heterocycles. The van der Waals surface area contributed by atoms with Gasteiger partial charge < -0.3 is 10.3 Å². The highest BCUT2D eigenvalue weighted by molar-refractivity contribution is 9.10. The first-order chi connectivity index (χ1) is 8.70. The first-order valence-electron chi connectivity index (χ1n) is 5.87. The van der Waals surface area contributed by atoms with Crippen LogP contribution in [-0.2, 0) is 6.42 Å². The number of benzene rings is 1. The molecule has 3 nitrogen and oxygen atoms in total. The first kappa shape index (κ1) is 13.6.